The summed E-state index contributed by atoms with van der Waals surface area (Å²) >= 11 is 3.30. The SMILES string of the molecule is O=C1C=CC(=O)c2c(CBr)cccc21. The van der Waals surface area contributed by atoms with E-state index in [-0.39, 0.29) is 11.6 Å². The molecule has 1 aromatic carbocycles. The highest BCUT2D eigenvalue weighted by Gasteiger charge is 2.20. The number of fused-ring (bicyclic) bond motifs is 1. The van der Waals surface area contributed by atoms with Crippen molar-refractivity contribution in [1.82, 2.24) is 0 Å². The van der Waals surface area contributed by atoms with Crippen LogP contribution >= 0.6 is 15.9 Å². The Balaban J connectivity index is 2.71. The Bertz CT molecular complexity index is 447. The van der Waals surface area contributed by atoms with E-state index < -0.39 is 0 Å². The number of rotatable bonds is 1. The summed E-state index contributed by atoms with van der Waals surface area (Å²) in [5, 5.41) is 0.586. The lowest BCUT2D eigenvalue weighted by molar-refractivity contribution is 0.0993. The molecule has 0 unspecified atom stereocenters. The van der Waals surface area contributed by atoms with Crippen LogP contribution in [-0.4, -0.2) is 11.6 Å². The minimum Gasteiger partial charge on any atom is -0.289 e. The summed E-state index contributed by atoms with van der Waals surface area (Å²) in [5.41, 5.74) is 1.91. The van der Waals surface area contributed by atoms with Crippen molar-refractivity contribution < 1.29 is 9.59 Å². The van der Waals surface area contributed by atoms with Gasteiger partial charge in [-0.05, 0) is 17.7 Å². The normalized spacial score (nSPS) is 14.4. The number of hydrogen-bond donors (Lipinski definition) is 0. The highest BCUT2D eigenvalue weighted by molar-refractivity contribution is 9.08. The van der Waals surface area contributed by atoms with Gasteiger partial charge in [0, 0.05) is 16.5 Å². The molecule has 0 saturated heterocycles. The van der Waals surface area contributed by atoms with Crippen molar-refractivity contribution in [1.29, 1.82) is 0 Å². The lowest BCUT2D eigenvalue weighted by Gasteiger charge is -2.11. The predicted octanol–water partition coefficient (Wildman–Crippen LogP) is 2.52. The summed E-state index contributed by atoms with van der Waals surface area (Å²) in [7, 11) is 0. The maximum absolute atomic E-state index is 11.6. The molecule has 0 fully saturated rings. The van der Waals surface area contributed by atoms with Crippen LogP contribution in [0, 0.1) is 0 Å². The van der Waals surface area contributed by atoms with Crippen molar-refractivity contribution in [3.8, 4) is 0 Å². The van der Waals surface area contributed by atoms with Crippen LogP contribution in [0.15, 0.2) is 30.4 Å². The van der Waals surface area contributed by atoms with Crippen LogP contribution in [0.4, 0.5) is 0 Å². The van der Waals surface area contributed by atoms with Gasteiger partial charge >= 0.3 is 0 Å². The van der Waals surface area contributed by atoms with Crippen molar-refractivity contribution in [3.05, 3.63) is 47.0 Å². The smallest absolute Gasteiger partial charge is 0.187 e. The third-order valence-electron chi connectivity index (χ3n) is 2.19. The summed E-state index contributed by atoms with van der Waals surface area (Å²) in [6.45, 7) is 0. The van der Waals surface area contributed by atoms with Crippen molar-refractivity contribution in [2.75, 3.05) is 0 Å². The zero-order valence-electron chi connectivity index (χ0n) is 7.29. The van der Waals surface area contributed by atoms with Gasteiger partial charge in [-0.15, -0.1) is 0 Å². The molecule has 0 aromatic heterocycles. The van der Waals surface area contributed by atoms with E-state index in [0.29, 0.717) is 16.5 Å². The van der Waals surface area contributed by atoms with E-state index in [4.69, 9.17) is 0 Å². The first kappa shape index (κ1) is 9.34. The van der Waals surface area contributed by atoms with Crippen LogP contribution in [0.5, 0.6) is 0 Å². The van der Waals surface area contributed by atoms with Gasteiger partial charge in [-0.3, -0.25) is 9.59 Å². The van der Waals surface area contributed by atoms with Gasteiger partial charge < -0.3 is 0 Å². The number of carbonyl (C=O) groups excluding carboxylic acids is 2. The van der Waals surface area contributed by atoms with Gasteiger partial charge in [0.2, 0.25) is 0 Å². The molecule has 70 valence electrons. The van der Waals surface area contributed by atoms with Gasteiger partial charge in [0.1, 0.15) is 0 Å². The van der Waals surface area contributed by atoms with E-state index in [2.05, 4.69) is 15.9 Å². The first-order chi connectivity index (χ1) is 6.74. The molecule has 0 bridgehead atoms. The number of alkyl halides is 1. The van der Waals surface area contributed by atoms with E-state index in [1.165, 1.54) is 12.2 Å². The van der Waals surface area contributed by atoms with Gasteiger partial charge in [-0.25, -0.2) is 0 Å². The quantitative estimate of drug-likeness (QED) is 0.718. The molecule has 0 N–H and O–H groups in total. The molecule has 0 heterocycles. The molecule has 0 radical (unpaired) electrons. The molecule has 0 aliphatic heterocycles. The van der Waals surface area contributed by atoms with E-state index in [9.17, 15) is 9.59 Å². The minimum absolute atomic E-state index is 0.0883. The number of ketones is 2. The molecule has 2 rings (SSSR count). The minimum atomic E-state index is -0.0950. The summed E-state index contributed by atoms with van der Waals surface area (Å²) in [6, 6.07) is 5.32. The van der Waals surface area contributed by atoms with Gasteiger partial charge in [-0.2, -0.15) is 0 Å². The van der Waals surface area contributed by atoms with Gasteiger partial charge in [0.05, 0.1) is 0 Å². The monoisotopic (exact) mass is 250 g/mol. The molecule has 0 amide bonds. The second-order valence-corrected chi connectivity index (χ2v) is 3.60. The fourth-order valence-corrected chi connectivity index (χ4v) is 2.00. The molecule has 2 nitrogen and oxygen atoms in total. The number of halogens is 1. The topological polar surface area (TPSA) is 34.1 Å². The van der Waals surface area contributed by atoms with E-state index in [1.54, 1.807) is 12.1 Å². The van der Waals surface area contributed by atoms with Crippen LogP contribution in [0.2, 0.25) is 0 Å². The Morgan fingerprint density at radius 1 is 1.07 bits per heavy atom. The van der Waals surface area contributed by atoms with E-state index >= 15 is 0 Å². The van der Waals surface area contributed by atoms with Crippen LogP contribution in [-0.2, 0) is 5.33 Å². The molecule has 3 heteroatoms. The molecule has 0 saturated carbocycles. The molecule has 1 aliphatic carbocycles. The van der Waals surface area contributed by atoms with Crippen molar-refractivity contribution in [2.24, 2.45) is 0 Å². The standard InChI is InChI=1S/C11H7BrO2/c12-6-7-2-1-3-8-9(13)4-5-10(14)11(7)8/h1-5H,6H2. The maximum Gasteiger partial charge on any atom is 0.187 e. The predicted molar refractivity (Wildman–Crippen MR) is 56.9 cm³/mol. The third-order valence-corrected chi connectivity index (χ3v) is 2.80. The average Bonchev–Trinajstić information content (AvgIpc) is 2.23. The number of carbonyl (C=O) groups is 2. The lowest BCUT2D eigenvalue weighted by Crippen LogP contribution is -2.13. The number of allylic oxidation sites excluding steroid dienone is 2. The van der Waals surface area contributed by atoms with Crippen molar-refractivity contribution >= 4 is 27.5 Å². The Hall–Kier alpha value is -1.22. The molecule has 0 atom stereocenters. The first-order valence-corrected chi connectivity index (χ1v) is 5.31. The molecule has 14 heavy (non-hydrogen) atoms. The van der Waals surface area contributed by atoms with Crippen LogP contribution in [0.25, 0.3) is 0 Å². The second kappa shape index (κ2) is 3.50. The molecule has 0 spiro atoms. The van der Waals surface area contributed by atoms with Crippen LogP contribution < -0.4 is 0 Å². The van der Waals surface area contributed by atoms with E-state index in [0.717, 1.165) is 5.56 Å². The molecule has 1 aliphatic rings. The average molecular weight is 251 g/mol. The van der Waals surface area contributed by atoms with Gasteiger partial charge in [0.25, 0.3) is 0 Å². The zero-order valence-corrected chi connectivity index (χ0v) is 8.87. The Labute approximate surface area is 89.8 Å². The molecule has 1 aromatic rings. The van der Waals surface area contributed by atoms with Crippen molar-refractivity contribution in [2.45, 2.75) is 5.33 Å². The number of hydrogen-bond acceptors (Lipinski definition) is 2. The number of benzene rings is 1. The summed E-state index contributed by atoms with van der Waals surface area (Å²) in [5.74, 6) is -0.183. The lowest BCUT2D eigenvalue weighted by atomic mass is 9.91. The molecular weight excluding hydrogens is 244 g/mol. The fourth-order valence-electron chi connectivity index (χ4n) is 1.53. The molecular formula is C11H7BrO2. The van der Waals surface area contributed by atoms with Crippen LogP contribution in [0.3, 0.4) is 0 Å². The van der Waals surface area contributed by atoms with Crippen molar-refractivity contribution in [3.63, 3.8) is 0 Å². The zero-order chi connectivity index (χ0) is 10.1. The Morgan fingerprint density at radius 3 is 2.50 bits per heavy atom. The summed E-state index contributed by atoms with van der Waals surface area (Å²) < 4.78 is 0. The second-order valence-electron chi connectivity index (χ2n) is 3.04. The largest absolute Gasteiger partial charge is 0.289 e. The van der Waals surface area contributed by atoms with E-state index in [1.807, 2.05) is 6.07 Å². The third kappa shape index (κ3) is 1.34. The summed E-state index contributed by atoms with van der Waals surface area (Å²) in [4.78, 5) is 23.0. The van der Waals surface area contributed by atoms with Gasteiger partial charge in [-0.1, -0.05) is 34.1 Å². The fraction of sp³-hybridized carbons (Fsp3) is 0.0909. The first-order valence-electron chi connectivity index (χ1n) is 4.18. The Morgan fingerprint density at radius 2 is 1.79 bits per heavy atom. The highest BCUT2D eigenvalue weighted by atomic mass is 79.9. The maximum atomic E-state index is 11.6. The highest BCUT2D eigenvalue weighted by Crippen LogP contribution is 2.22. The van der Waals surface area contributed by atoms with Crippen LogP contribution in [0.1, 0.15) is 26.3 Å². The van der Waals surface area contributed by atoms with Gasteiger partial charge in [0.15, 0.2) is 11.6 Å². The summed E-state index contributed by atoms with van der Waals surface area (Å²) in [6.07, 6.45) is 2.65. The Kier molecular flexibility index (Phi) is 2.33.